The number of benzene rings is 2. The van der Waals surface area contributed by atoms with E-state index in [2.05, 4.69) is 15.9 Å². The second kappa shape index (κ2) is 6.11. The van der Waals surface area contributed by atoms with Crippen LogP contribution in [0.2, 0.25) is 5.02 Å². The molecule has 0 N–H and O–H groups in total. The van der Waals surface area contributed by atoms with Crippen LogP contribution in [0.15, 0.2) is 40.9 Å². The zero-order valence-electron chi connectivity index (χ0n) is 10.3. The van der Waals surface area contributed by atoms with Crippen molar-refractivity contribution in [2.45, 2.75) is 0 Å². The highest BCUT2D eigenvalue weighted by molar-refractivity contribution is 9.10. The van der Waals surface area contributed by atoms with Gasteiger partial charge in [-0.05, 0) is 30.3 Å². The molecule has 2 aromatic rings. The lowest BCUT2D eigenvalue weighted by atomic mass is 10.2. The van der Waals surface area contributed by atoms with Crippen LogP contribution in [0.5, 0.6) is 17.2 Å². The van der Waals surface area contributed by atoms with Crippen LogP contribution in [0.4, 0.5) is 5.69 Å². The fourth-order valence-corrected chi connectivity index (χ4v) is 2.02. The molecular formula is C13H9BrClNO4. The highest BCUT2D eigenvalue weighted by Gasteiger charge is 2.18. The van der Waals surface area contributed by atoms with Gasteiger partial charge in [0.25, 0.3) is 0 Å². The first kappa shape index (κ1) is 14.6. The minimum Gasteiger partial charge on any atom is -0.496 e. The third-order valence-electron chi connectivity index (χ3n) is 2.48. The molecule has 0 aromatic heterocycles. The lowest BCUT2D eigenvalue weighted by Crippen LogP contribution is -1.95. The summed E-state index contributed by atoms with van der Waals surface area (Å²) in [6, 6.07) is 9.36. The molecule has 0 radical (unpaired) electrons. The highest BCUT2D eigenvalue weighted by atomic mass is 79.9. The molecule has 104 valence electrons. The van der Waals surface area contributed by atoms with Gasteiger partial charge >= 0.3 is 5.69 Å². The van der Waals surface area contributed by atoms with Gasteiger partial charge < -0.3 is 9.47 Å². The average molecular weight is 359 g/mol. The van der Waals surface area contributed by atoms with Crippen LogP contribution >= 0.6 is 27.5 Å². The summed E-state index contributed by atoms with van der Waals surface area (Å²) in [5, 5.41) is 11.4. The molecule has 0 unspecified atom stereocenters. The topological polar surface area (TPSA) is 61.6 Å². The lowest BCUT2D eigenvalue weighted by Gasteiger charge is -2.09. The van der Waals surface area contributed by atoms with Crippen molar-refractivity contribution in [2.75, 3.05) is 7.11 Å². The number of halogens is 2. The van der Waals surface area contributed by atoms with Crippen molar-refractivity contribution >= 4 is 33.2 Å². The number of ether oxygens (including phenoxy) is 2. The van der Waals surface area contributed by atoms with E-state index < -0.39 is 4.92 Å². The molecule has 2 aromatic carbocycles. The maximum Gasteiger partial charge on any atom is 0.315 e. The molecule has 2 rings (SSSR count). The van der Waals surface area contributed by atoms with Crippen molar-refractivity contribution in [2.24, 2.45) is 0 Å². The van der Waals surface area contributed by atoms with E-state index in [4.69, 9.17) is 21.1 Å². The summed E-state index contributed by atoms with van der Waals surface area (Å²) in [7, 11) is 1.44. The lowest BCUT2D eigenvalue weighted by molar-refractivity contribution is -0.385. The smallest absolute Gasteiger partial charge is 0.315 e. The number of hydrogen-bond donors (Lipinski definition) is 0. The molecule has 0 amide bonds. The Morgan fingerprint density at radius 1 is 1.20 bits per heavy atom. The largest absolute Gasteiger partial charge is 0.496 e. The Bertz CT molecular complexity index is 663. The van der Waals surface area contributed by atoms with E-state index in [0.717, 1.165) is 4.47 Å². The fourth-order valence-electron chi connectivity index (χ4n) is 1.53. The van der Waals surface area contributed by atoms with Crippen LogP contribution in [0.25, 0.3) is 0 Å². The number of nitrogens with zero attached hydrogens (tertiary/aromatic N) is 1. The maximum absolute atomic E-state index is 11.1. The maximum atomic E-state index is 11.1. The fraction of sp³-hybridized carbons (Fsp3) is 0.0769. The molecule has 0 atom stereocenters. The Kier molecular flexibility index (Phi) is 4.46. The van der Waals surface area contributed by atoms with Crippen molar-refractivity contribution in [1.29, 1.82) is 0 Å². The first-order valence-electron chi connectivity index (χ1n) is 5.46. The van der Waals surface area contributed by atoms with Crippen LogP contribution in [0.3, 0.4) is 0 Å². The van der Waals surface area contributed by atoms with Gasteiger partial charge in [-0.2, -0.15) is 0 Å². The minimum absolute atomic E-state index is 0.0933. The summed E-state index contributed by atoms with van der Waals surface area (Å²) < 4.78 is 11.2. The molecule has 0 aliphatic heterocycles. The van der Waals surface area contributed by atoms with Gasteiger partial charge in [-0.25, -0.2) is 0 Å². The van der Waals surface area contributed by atoms with E-state index in [1.807, 2.05) is 0 Å². The molecule has 0 aliphatic carbocycles. The molecule has 7 heteroatoms. The Hall–Kier alpha value is -1.79. The predicted molar refractivity (Wildman–Crippen MR) is 78.9 cm³/mol. The monoisotopic (exact) mass is 357 g/mol. The van der Waals surface area contributed by atoms with Crippen molar-refractivity contribution in [3.8, 4) is 17.2 Å². The number of nitro groups is 1. The van der Waals surface area contributed by atoms with Gasteiger partial charge in [-0.15, -0.1) is 0 Å². The number of nitro benzene ring substituents is 1. The van der Waals surface area contributed by atoms with E-state index >= 15 is 0 Å². The Morgan fingerprint density at radius 3 is 2.60 bits per heavy atom. The second-order valence-electron chi connectivity index (χ2n) is 3.77. The molecule has 0 aliphatic rings. The van der Waals surface area contributed by atoms with Crippen LogP contribution in [-0.2, 0) is 0 Å². The molecule has 0 heterocycles. The van der Waals surface area contributed by atoms with Gasteiger partial charge in [0.05, 0.1) is 23.1 Å². The third-order valence-corrected chi connectivity index (χ3v) is 3.28. The van der Waals surface area contributed by atoms with Crippen molar-refractivity contribution in [3.63, 3.8) is 0 Å². The minimum atomic E-state index is -0.538. The van der Waals surface area contributed by atoms with Crippen LogP contribution in [0.1, 0.15) is 0 Å². The molecule has 0 saturated carbocycles. The molecule has 5 nitrogen and oxygen atoms in total. The van der Waals surface area contributed by atoms with Crippen molar-refractivity contribution in [3.05, 3.63) is 56.0 Å². The Labute approximate surface area is 128 Å². The summed E-state index contributed by atoms with van der Waals surface area (Å²) in [5.41, 5.74) is -0.194. The summed E-state index contributed by atoms with van der Waals surface area (Å²) >= 11 is 9.28. The first-order valence-corrected chi connectivity index (χ1v) is 6.63. The zero-order chi connectivity index (χ0) is 14.7. The molecule has 0 spiro atoms. The van der Waals surface area contributed by atoms with E-state index in [0.29, 0.717) is 16.5 Å². The summed E-state index contributed by atoms with van der Waals surface area (Å²) in [6.45, 7) is 0. The van der Waals surface area contributed by atoms with E-state index in [9.17, 15) is 10.1 Å². The summed E-state index contributed by atoms with van der Waals surface area (Å²) in [6.07, 6.45) is 0. The summed E-state index contributed by atoms with van der Waals surface area (Å²) in [4.78, 5) is 10.5. The summed E-state index contributed by atoms with van der Waals surface area (Å²) in [5.74, 6) is 0.800. The van der Waals surface area contributed by atoms with Crippen molar-refractivity contribution < 1.29 is 14.4 Å². The van der Waals surface area contributed by atoms with Gasteiger partial charge in [-0.3, -0.25) is 10.1 Å². The van der Waals surface area contributed by atoms with E-state index in [1.54, 1.807) is 24.3 Å². The molecule has 20 heavy (non-hydrogen) atoms. The highest BCUT2D eigenvalue weighted by Crippen LogP contribution is 2.37. The van der Waals surface area contributed by atoms with Crippen molar-refractivity contribution in [1.82, 2.24) is 0 Å². The van der Waals surface area contributed by atoms with Gasteiger partial charge in [0.15, 0.2) is 0 Å². The average Bonchev–Trinajstić information content (AvgIpc) is 2.43. The molecule has 0 fully saturated rings. The van der Waals surface area contributed by atoms with Crippen LogP contribution in [0, 0.1) is 10.1 Å². The quantitative estimate of drug-likeness (QED) is 0.581. The molecule has 0 saturated heterocycles. The Morgan fingerprint density at radius 2 is 1.95 bits per heavy atom. The molecule has 0 bridgehead atoms. The standard InChI is InChI=1S/C13H9BrClNO4/c1-19-9-3-5-12(11(7-9)16(17)18)20-13-6-8(14)2-4-10(13)15/h2-7H,1H3. The van der Waals surface area contributed by atoms with E-state index in [-0.39, 0.29) is 11.4 Å². The first-order chi connectivity index (χ1) is 9.51. The number of methoxy groups -OCH3 is 1. The number of rotatable bonds is 4. The van der Waals surface area contributed by atoms with Gasteiger partial charge in [0.1, 0.15) is 11.5 Å². The van der Waals surface area contributed by atoms with E-state index in [1.165, 1.54) is 19.2 Å². The van der Waals surface area contributed by atoms with Gasteiger partial charge in [0.2, 0.25) is 5.75 Å². The van der Waals surface area contributed by atoms with Crippen LogP contribution < -0.4 is 9.47 Å². The van der Waals surface area contributed by atoms with Gasteiger partial charge in [0, 0.05) is 4.47 Å². The van der Waals surface area contributed by atoms with Gasteiger partial charge in [-0.1, -0.05) is 27.5 Å². The normalized spacial score (nSPS) is 10.2. The zero-order valence-corrected chi connectivity index (χ0v) is 12.6. The Balaban J connectivity index is 2.42. The second-order valence-corrected chi connectivity index (χ2v) is 5.09. The molecular weight excluding hydrogens is 350 g/mol. The number of hydrogen-bond acceptors (Lipinski definition) is 4. The third kappa shape index (κ3) is 3.20. The predicted octanol–water partition coefficient (Wildman–Crippen LogP) is 4.81. The van der Waals surface area contributed by atoms with Crippen LogP contribution in [-0.4, -0.2) is 12.0 Å². The SMILES string of the molecule is COc1ccc(Oc2cc(Br)ccc2Cl)c([N+](=O)[O-])c1.